The first kappa shape index (κ1) is 13.3. The van der Waals surface area contributed by atoms with Crippen LogP contribution in [0.25, 0.3) is 0 Å². The summed E-state index contributed by atoms with van der Waals surface area (Å²) in [6.45, 7) is 0.698. The van der Waals surface area contributed by atoms with Crippen LogP contribution in [0.3, 0.4) is 0 Å². The van der Waals surface area contributed by atoms with Crippen molar-refractivity contribution in [3.8, 4) is 11.5 Å². The number of hydrogen-bond donors (Lipinski definition) is 3. The highest BCUT2D eigenvalue weighted by Gasteiger charge is 1.99. The minimum absolute atomic E-state index is 0. The standard InChI is InChI=1S/C10H15NO2.BrH/c11-6-2-1-3-8-4-5-9(12)10(13)7-8;/h4-5,7,12-13H,1-3,6,11H2;1H. The minimum atomic E-state index is -0.0671. The van der Waals surface area contributed by atoms with Crippen molar-refractivity contribution in [2.75, 3.05) is 6.54 Å². The zero-order valence-electron chi connectivity index (χ0n) is 7.94. The molecule has 4 heteroatoms. The molecule has 1 rings (SSSR count). The number of phenols is 2. The molecule has 0 amide bonds. The van der Waals surface area contributed by atoms with E-state index in [0.717, 1.165) is 24.8 Å². The van der Waals surface area contributed by atoms with Gasteiger partial charge < -0.3 is 15.9 Å². The van der Waals surface area contributed by atoms with E-state index in [9.17, 15) is 5.11 Å². The Morgan fingerprint density at radius 3 is 2.36 bits per heavy atom. The van der Waals surface area contributed by atoms with Gasteiger partial charge in [-0.25, -0.2) is 0 Å². The molecule has 0 unspecified atom stereocenters. The summed E-state index contributed by atoms with van der Waals surface area (Å²) >= 11 is 0. The third-order valence-electron chi connectivity index (χ3n) is 1.96. The highest BCUT2D eigenvalue weighted by molar-refractivity contribution is 8.93. The van der Waals surface area contributed by atoms with Crippen LogP contribution >= 0.6 is 17.0 Å². The molecule has 3 nitrogen and oxygen atoms in total. The van der Waals surface area contributed by atoms with Crippen molar-refractivity contribution >= 4 is 17.0 Å². The summed E-state index contributed by atoms with van der Waals surface area (Å²) in [5.74, 6) is -0.118. The molecular formula is C10H16BrNO2. The van der Waals surface area contributed by atoms with E-state index in [1.807, 2.05) is 6.07 Å². The number of rotatable bonds is 4. The zero-order valence-corrected chi connectivity index (χ0v) is 9.65. The van der Waals surface area contributed by atoms with Crippen LogP contribution < -0.4 is 5.73 Å². The van der Waals surface area contributed by atoms with E-state index >= 15 is 0 Å². The fraction of sp³-hybridized carbons (Fsp3) is 0.400. The van der Waals surface area contributed by atoms with Gasteiger partial charge in [-0.05, 0) is 43.5 Å². The molecule has 0 heterocycles. The second-order valence-corrected chi connectivity index (χ2v) is 3.07. The van der Waals surface area contributed by atoms with Gasteiger partial charge in [-0.2, -0.15) is 0 Å². The molecule has 0 aromatic heterocycles. The molecule has 0 radical (unpaired) electrons. The van der Waals surface area contributed by atoms with Gasteiger partial charge in [0, 0.05) is 0 Å². The third kappa shape index (κ3) is 3.98. The van der Waals surface area contributed by atoms with Gasteiger partial charge in [0.05, 0.1) is 0 Å². The number of aromatic hydroxyl groups is 2. The third-order valence-corrected chi connectivity index (χ3v) is 1.96. The van der Waals surface area contributed by atoms with Crippen molar-refractivity contribution in [3.05, 3.63) is 23.8 Å². The highest BCUT2D eigenvalue weighted by Crippen LogP contribution is 2.25. The second kappa shape index (κ2) is 6.68. The van der Waals surface area contributed by atoms with Crippen LogP contribution in [0.15, 0.2) is 18.2 Å². The molecule has 0 aliphatic carbocycles. The Labute approximate surface area is 94.3 Å². The molecule has 0 saturated carbocycles. The Morgan fingerprint density at radius 1 is 1.07 bits per heavy atom. The average molecular weight is 262 g/mol. The highest BCUT2D eigenvalue weighted by atomic mass is 79.9. The number of phenolic OH excluding ortho intramolecular Hbond substituents is 2. The summed E-state index contributed by atoms with van der Waals surface area (Å²) in [7, 11) is 0. The van der Waals surface area contributed by atoms with Crippen LogP contribution in [0.4, 0.5) is 0 Å². The normalized spacial score (nSPS) is 9.50. The summed E-state index contributed by atoms with van der Waals surface area (Å²) in [5.41, 5.74) is 6.39. The largest absolute Gasteiger partial charge is 0.504 e. The number of unbranched alkanes of at least 4 members (excludes halogenated alkanes) is 1. The van der Waals surface area contributed by atoms with Crippen LogP contribution in [-0.4, -0.2) is 16.8 Å². The maximum atomic E-state index is 9.18. The van der Waals surface area contributed by atoms with Gasteiger partial charge in [0.15, 0.2) is 11.5 Å². The first-order valence-corrected chi connectivity index (χ1v) is 4.45. The summed E-state index contributed by atoms with van der Waals surface area (Å²) in [5, 5.41) is 18.2. The van der Waals surface area contributed by atoms with Gasteiger partial charge >= 0.3 is 0 Å². The van der Waals surface area contributed by atoms with Gasteiger partial charge in [0.25, 0.3) is 0 Å². The van der Waals surface area contributed by atoms with Crippen LogP contribution in [0, 0.1) is 0 Å². The molecule has 0 bridgehead atoms. The molecule has 1 aromatic carbocycles. The Balaban J connectivity index is 0.00000169. The number of nitrogens with two attached hydrogens (primary N) is 1. The quantitative estimate of drug-likeness (QED) is 0.574. The number of hydrogen-bond acceptors (Lipinski definition) is 3. The predicted octanol–water partition coefficient (Wildman–Crippen LogP) is 1.96. The first-order chi connectivity index (χ1) is 6.24. The SMILES string of the molecule is Br.NCCCCc1ccc(O)c(O)c1. The molecule has 14 heavy (non-hydrogen) atoms. The van der Waals surface area contributed by atoms with Gasteiger partial charge in [0.1, 0.15) is 0 Å². The van der Waals surface area contributed by atoms with Crippen LogP contribution in [0.2, 0.25) is 0 Å². The molecule has 1 aromatic rings. The van der Waals surface area contributed by atoms with Crippen LogP contribution in [0.5, 0.6) is 11.5 Å². The van der Waals surface area contributed by atoms with Crippen LogP contribution in [-0.2, 0) is 6.42 Å². The number of benzene rings is 1. The van der Waals surface area contributed by atoms with Crippen molar-refractivity contribution in [2.24, 2.45) is 5.73 Å². The lowest BCUT2D eigenvalue weighted by Gasteiger charge is -2.02. The summed E-state index contributed by atoms with van der Waals surface area (Å²) in [6, 6.07) is 4.91. The van der Waals surface area contributed by atoms with Crippen molar-refractivity contribution in [1.29, 1.82) is 0 Å². The zero-order chi connectivity index (χ0) is 9.68. The fourth-order valence-electron chi connectivity index (χ4n) is 1.20. The lowest BCUT2D eigenvalue weighted by atomic mass is 10.1. The molecule has 0 aliphatic rings. The Bertz CT molecular complexity index is 279. The topological polar surface area (TPSA) is 66.5 Å². The predicted molar refractivity (Wildman–Crippen MR) is 62.1 cm³/mol. The molecule has 0 aliphatic heterocycles. The van der Waals surface area contributed by atoms with Crippen molar-refractivity contribution < 1.29 is 10.2 Å². The molecule has 0 fully saturated rings. The van der Waals surface area contributed by atoms with Gasteiger partial charge in [-0.15, -0.1) is 17.0 Å². The molecule has 0 atom stereocenters. The van der Waals surface area contributed by atoms with Gasteiger partial charge in [-0.1, -0.05) is 6.07 Å². The molecule has 4 N–H and O–H groups in total. The Kier molecular flexibility index (Phi) is 6.32. The fourth-order valence-corrected chi connectivity index (χ4v) is 1.20. The molecule has 0 saturated heterocycles. The van der Waals surface area contributed by atoms with E-state index < -0.39 is 0 Å². The molecule has 0 spiro atoms. The average Bonchev–Trinajstić information content (AvgIpc) is 2.12. The molecular weight excluding hydrogens is 246 g/mol. The van der Waals surface area contributed by atoms with E-state index in [0.29, 0.717) is 6.54 Å². The Morgan fingerprint density at radius 2 is 1.79 bits per heavy atom. The smallest absolute Gasteiger partial charge is 0.157 e. The van der Waals surface area contributed by atoms with E-state index in [2.05, 4.69) is 0 Å². The van der Waals surface area contributed by atoms with E-state index in [-0.39, 0.29) is 28.5 Å². The number of aryl methyl sites for hydroxylation is 1. The van der Waals surface area contributed by atoms with Crippen LogP contribution in [0.1, 0.15) is 18.4 Å². The summed E-state index contributed by atoms with van der Waals surface area (Å²) < 4.78 is 0. The van der Waals surface area contributed by atoms with Gasteiger partial charge in [0.2, 0.25) is 0 Å². The lowest BCUT2D eigenvalue weighted by molar-refractivity contribution is 0.403. The monoisotopic (exact) mass is 261 g/mol. The van der Waals surface area contributed by atoms with E-state index in [1.54, 1.807) is 6.07 Å². The van der Waals surface area contributed by atoms with Crippen molar-refractivity contribution in [1.82, 2.24) is 0 Å². The summed E-state index contributed by atoms with van der Waals surface area (Å²) in [6.07, 6.45) is 2.90. The van der Waals surface area contributed by atoms with Crippen molar-refractivity contribution in [2.45, 2.75) is 19.3 Å². The Hall–Kier alpha value is -0.740. The second-order valence-electron chi connectivity index (χ2n) is 3.07. The maximum absolute atomic E-state index is 9.18. The molecule has 80 valence electrons. The maximum Gasteiger partial charge on any atom is 0.157 e. The van der Waals surface area contributed by atoms with Crippen molar-refractivity contribution in [3.63, 3.8) is 0 Å². The number of halogens is 1. The van der Waals surface area contributed by atoms with E-state index in [4.69, 9.17) is 10.8 Å². The lowest BCUT2D eigenvalue weighted by Crippen LogP contribution is -1.98. The van der Waals surface area contributed by atoms with E-state index in [1.165, 1.54) is 6.07 Å². The van der Waals surface area contributed by atoms with Gasteiger partial charge in [-0.3, -0.25) is 0 Å². The first-order valence-electron chi connectivity index (χ1n) is 4.45. The minimum Gasteiger partial charge on any atom is -0.504 e. The summed E-state index contributed by atoms with van der Waals surface area (Å²) in [4.78, 5) is 0.